The summed E-state index contributed by atoms with van der Waals surface area (Å²) in [7, 11) is 1.64. The zero-order valence-corrected chi connectivity index (χ0v) is 34.4. The molecular weight excluding hydrogens is 807 g/mol. The molecule has 0 spiro atoms. The van der Waals surface area contributed by atoms with Crippen LogP contribution < -0.4 is 19.5 Å². The molecule has 8 rings (SSSR count). The Morgan fingerprint density at radius 1 is 0.933 bits per heavy atom. The van der Waals surface area contributed by atoms with Gasteiger partial charge in [0.25, 0.3) is 5.91 Å². The number of aliphatic carboxylic acids is 1. The third-order valence-corrected chi connectivity index (χ3v) is 11.6. The highest BCUT2D eigenvalue weighted by Crippen LogP contribution is 2.41. The molecule has 15 heteroatoms. The summed E-state index contributed by atoms with van der Waals surface area (Å²) in [5.41, 5.74) is 8.06. The summed E-state index contributed by atoms with van der Waals surface area (Å²) in [5, 5.41) is 21.8. The van der Waals surface area contributed by atoms with Crippen LogP contribution in [-0.4, -0.2) is 66.5 Å². The van der Waals surface area contributed by atoms with Gasteiger partial charge >= 0.3 is 5.97 Å². The topological polar surface area (TPSA) is 158 Å². The highest BCUT2D eigenvalue weighted by Gasteiger charge is 2.39. The van der Waals surface area contributed by atoms with Gasteiger partial charge in [0.2, 0.25) is 5.91 Å². The Kier molecular flexibility index (Phi) is 11.5. The van der Waals surface area contributed by atoms with Crippen LogP contribution in [-0.2, 0) is 42.6 Å². The maximum Gasteiger partial charge on any atom is 0.326 e. The van der Waals surface area contributed by atoms with E-state index >= 15 is 0 Å². The van der Waals surface area contributed by atoms with E-state index in [4.69, 9.17) is 37.4 Å². The molecule has 0 saturated heterocycles. The number of amides is 2. The molecule has 2 amide bonds. The van der Waals surface area contributed by atoms with Gasteiger partial charge in [-0.15, -0.1) is 5.10 Å². The van der Waals surface area contributed by atoms with Gasteiger partial charge in [-0.3, -0.25) is 19.3 Å². The molecule has 0 saturated carbocycles. The van der Waals surface area contributed by atoms with E-state index in [-0.39, 0.29) is 31.7 Å². The lowest BCUT2D eigenvalue weighted by molar-refractivity contribution is -0.142. The Hall–Kier alpha value is -6.44. The molecule has 0 unspecified atom stereocenters. The zero-order valence-electron chi connectivity index (χ0n) is 32.9. The van der Waals surface area contributed by atoms with Crippen molar-refractivity contribution in [2.75, 3.05) is 6.61 Å². The van der Waals surface area contributed by atoms with Gasteiger partial charge in [0, 0.05) is 38.3 Å². The molecule has 2 aliphatic heterocycles. The van der Waals surface area contributed by atoms with Crippen LogP contribution in [0.2, 0.25) is 10.0 Å². The number of carboxylic acids is 1. The van der Waals surface area contributed by atoms with Gasteiger partial charge in [-0.2, -0.15) is 0 Å². The molecular formula is C45H40Cl2N6O7. The van der Waals surface area contributed by atoms with Crippen LogP contribution >= 0.6 is 23.2 Å². The predicted molar refractivity (Wildman–Crippen MR) is 223 cm³/mol. The largest absolute Gasteiger partial charge is 0.489 e. The third-order valence-electron chi connectivity index (χ3n) is 10.9. The van der Waals surface area contributed by atoms with Crippen molar-refractivity contribution in [3.05, 3.63) is 152 Å². The average Bonchev–Trinajstić information content (AvgIpc) is 3.69. The maximum absolute atomic E-state index is 14.1. The lowest BCUT2D eigenvalue weighted by atomic mass is 9.91. The van der Waals surface area contributed by atoms with Crippen LogP contribution in [0.5, 0.6) is 17.2 Å². The molecule has 2 aliphatic rings. The standard InChI is InChI=1S/C45H40Cl2N6O7/c1-25-26(2)48-15-14-34(25)29-7-4-27(5-8-29)17-37(45(56)57)49-43(54)39-18-31-19-40-41(20-32(31)21-53(39)44(55)38-22-52(3)51-50-38)60-42(24-59-40)30-9-11-33(12-10-30)58-23-28-6-13-35(46)36(47)16-28/h4-16,19-20,22,37,39,42H,17-18,21,23-24H2,1-3H3,(H,49,54)(H,56,57)/t37-,39-,42+/m0/s1. The van der Waals surface area contributed by atoms with Crippen molar-refractivity contribution in [2.45, 2.75) is 58.0 Å². The first-order valence-corrected chi connectivity index (χ1v) is 20.0. The van der Waals surface area contributed by atoms with Gasteiger partial charge in [-0.05, 0) is 101 Å². The van der Waals surface area contributed by atoms with Gasteiger partial charge in [-0.1, -0.05) is 70.9 Å². The number of nitrogens with one attached hydrogen (secondary N) is 1. The van der Waals surface area contributed by atoms with Gasteiger partial charge in [0.15, 0.2) is 23.3 Å². The van der Waals surface area contributed by atoms with Crippen LogP contribution in [0.4, 0.5) is 0 Å². The fourth-order valence-corrected chi connectivity index (χ4v) is 7.73. The van der Waals surface area contributed by atoms with E-state index in [0.717, 1.165) is 50.2 Å². The molecule has 2 N–H and O–H groups in total. The van der Waals surface area contributed by atoms with Crippen LogP contribution in [0.1, 0.15) is 55.7 Å². The summed E-state index contributed by atoms with van der Waals surface area (Å²) in [5.74, 6) is -0.667. The van der Waals surface area contributed by atoms with Crippen molar-refractivity contribution in [1.82, 2.24) is 30.2 Å². The van der Waals surface area contributed by atoms with Crippen molar-refractivity contribution in [3.63, 3.8) is 0 Å². The van der Waals surface area contributed by atoms with E-state index in [9.17, 15) is 19.5 Å². The quantitative estimate of drug-likeness (QED) is 0.136. The minimum absolute atomic E-state index is 0.0299. The smallest absolute Gasteiger partial charge is 0.326 e. The number of hydrogen-bond acceptors (Lipinski definition) is 9. The molecule has 306 valence electrons. The minimum atomic E-state index is -1.26. The average molecular weight is 848 g/mol. The lowest BCUT2D eigenvalue weighted by Gasteiger charge is -2.37. The normalized spacial score (nSPS) is 16.1. The first kappa shape index (κ1) is 40.3. The number of fused-ring (bicyclic) bond motifs is 2. The number of carboxylic acid groups (broad SMARTS) is 1. The molecule has 4 heterocycles. The van der Waals surface area contributed by atoms with Gasteiger partial charge < -0.3 is 29.5 Å². The number of hydrogen-bond donors (Lipinski definition) is 2. The number of carbonyl (C=O) groups is 3. The highest BCUT2D eigenvalue weighted by atomic mass is 35.5. The highest BCUT2D eigenvalue weighted by molar-refractivity contribution is 6.42. The Morgan fingerprint density at radius 2 is 1.68 bits per heavy atom. The van der Waals surface area contributed by atoms with Gasteiger partial charge in [0.1, 0.15) is 31.0 Å². The second kappa shape index (κ2) is 17.0. The number of aryl methyl sites for hydroxylation is 2. The summed E-state index contributed by atoms with van der Waals surface area (Å²) >= 11 is 12.2. The second-order valence-corrected chi connectivity index (χ2v) is 15.7. The number of ether oxygens (including phenoxy) is 3. The van der Waals surface area contributed by atoms with E-state index < -0.39 is 36.0 Å². The number of rotatable bonds is 11. The van der Waals surface area contributed by atoms with E-state index in [1.807, 2.05) is 86.6 Å². The summed E-state index contributed by atoms with van der Waals surface area (Å²) < 4.78 is 20.0. The number of benzene rings is 4. The van der Waals surface area contributed by atoms with Crippen LogP contribution in [0.25, 0.3) is 11.1 Å². The molecule has 4 aromatic carbocycles. The van der Waals surface area contributed by atoms with Gasteiger partial charge in [0.05, 0.1) is 16.2 Å². The maximum atomic E-state index is 14.1. The number of halogens is 2. The van der Waals surface area contributed by atoms with Crippen molar-refractivity contribution in [3.8, 4) is 28.4 Å². The molecule has 0 bridgehead atoms. The van der Waals surface area contributed by atoms with Crippen LogP contribution in [0.15, 0.2) is 97.3 Å². The third kappa shape index (κ3) is 8.63. The number of nitrogens with zero attached hydrogens (tertiary/aromatic N) is 5. The van der Waals surface area contributed by atoms with Crippen molar-refractivity contribution < 1.29 is 33.7 Å². The second-order valence-electron chi connectivity index (χ2n) is 14.9. The SMILES string of the molecule is Cc1nccc(-c2ccc(C[C@H](NC(=O)[C@@H]3Cc4cc5c(cc4CN3C(=O)c3cn(C)nn3)O[C@@H](c3ccc(OCc4ccc(Cl)c(Cl)c4)cc3)CO5)C(=O)O)cc2)c1C. The number of carbonyl (C=O) groups excluding carboxylic acids is 2. The van der Waals surface area contributed by atoms with Crippen molar-refractivity contribution in [1.29, 1.82) is 0 Å². The monoisotopic (exact) mass is 846 g/mol. The predicted octanol–water partition coefficient (Wildman–Crippen LogP) is 7.27. The number of aromatic nitrogens is 4. The molecule has 0 radical (unpaired) electrons. The number of pyridine rings is 1. The molecule has 0 aliphatic carbocycles. The van der Waals surface area contributed by atoms with E-state index in [2.05, 4.69) is 20.6 Å². The minimum Gasteiger partial charge on any atom is -0.489 e. The Morgan fingerprint density at radius 3 is 2.40 bits per heavy atom. The molecule has 0 fully saturated rings. The van der Waals surface area contributed by atoms with E-state index in [0.29, 0.717) is 33.9 Å². The summed E-state index contributed by atoms with van der Waals surface area (Å²) in [6.45, 7) is 4.54. The summed E-state index contributed by atoms with van der Waals surface area (Å²) in [4.78, 5) is 46.4. The van der Waals surface area contributed by atoms with Crippen LogP contribution in [0, 0.1) is 13.8 Å². The molecule has 3 atom stereocenters. The molecule has 2 aromatic heterocycles. The summed E-state index contributed by atoms with van der Waals surface area (Å²) in [6, 6.07) is 23.7. The Bertz CT molecular complexity index is 2600. The van der Waals surface area contributed by atoms with Crippen molar-refractivity contribution in [2.24, 2.45) is 7.05 Å². The first-order chi connectivity index (χ1) is 28.9. The van der Waals surface area contributed by atoms with Crippen LogP contribution in [0.3, 0.4) is 0 Å². The Balaban J connectivity index is 0.980. The molecule has 60 heavy (non-hydrogen) atoms. The fourth-order valence-electron chi connectivity index (χ4n) is 7.41. The first-order valence-electron chi connectivity index (χ1n) is 19.2. The molecule has 13 nitrogen and oxygen atoms in total. The summed E-state index contributed by atoms with van der Waals surface area (Å²) in [6.07, 6.45) is 2.94. The lowest BCUT2D eigenvalue weighted by Crippen LogP contribution is -2.56. The molecule has 6 aromatic rings. The van der Waals surface area contributed by atoms with E-state index in [1.54, 1.807) is 25.4 Å². The fraction of sp³-hybridized carbons (Fsp3) is 0.244. The zero-order chi connectivity index (χ0) is 42.1. The Labute approximate surface area is 355 Å². The van der Waals surface area contributed by atoms with E-state index in [1.165, 1.54) is 15.8 Å². The van der Waals surface area contributed by atoms with Gasteiger partial charge in [-0.25, -0.2) is 4.79 Å². The van der Waals surface area contributed by atoms with Crippen molar-refractivity contribution >= 4 is 41.0 Å².